The minimum absolute atomic E-state index is 0.144. The van der Waals surface area contributed by atoms with Gasteiger partial charge in [-0.3, -0.25) is 19.3 Å². The molecule has 156 valence electrons. The molecule has 0 bridgehead atoms. The lowest BCUT2D eigenvalue weighted by Crippen LogP contribution is -2.47. The fraction of sp³-hybridized carbons (Fsp3) is 0.474. The van der Waals surface area contributed by atoms with E-state index in [9.17, 15) is 19.2 Å². The Morgan fingerprint density at radius 2 is 1.93 bits per heavy atom. The third-order valence-electron chi connectivity index (χ3n) is 4.66. The van der Waals surface area contributed by atoms with Crippen LogP contribution in [0.4, 0.5) is 4.79 Å². The van der Waals surface area contributed by atoms with Gasteiger partial charge in [0, 0.05) is 13.0 Å². The summed E-state index contributed by atoms with van der Waals surface area (Å²) >= 11 is 0. The number of hydrogen-bond acceptors (Lipinski definition) is 6. The number of hydrogen-bond donors (Lipinski definition) is 3. The van der Waals surface area contributed by atoms with Gasteiger partial charge in [-0.05, 0) is 31.0 Å². The molecule has 0 radical (unpaired) electrons. The predicted octanol–water partition coefficient (Wildman–Crippen LogP) is -0.0893. The van der Waals surface area contributed by atoms with E-state index in [0.29, 0.717) is 18.0 Å². The zero-order valence-corrected chi connectivity index (χ0v) is 16.4. The molecule has 0 spiro atoms. The van der Waals surface area contributed by atoms with Crippen molar-refractivity contribution in [2.24, 2.45) is 0 Å². The summed E-state index contributed by atoms with van der Waals surface area (Å²) in [7, 11) is 0. The van der Waals surface area contributed by atoms with Gasteiger partial charge >= 0.3 is 6.03 Å². The van der Waals surface area contributed by atoms with Crippen LogP contribution in [0.3, 0.4) is 0 Å². The highest BCUT2D eigenvalue weighted by Gasteiger charge is 2.48. The first-order valence-corrected chi connectivity index (χ1v) is 9.38. The normalized spacial score (nSPS) is 19.9. The van der Waals surface area contributed by atoms with Gasteiger partial charge in [0.2, 0.25) is 18.6 Å². The standard InChI is InChI=1S/C19H24N4O6/c1-3-6-20-15(24)9-21-16(25)10-23-17(26)19(2,22-18(23)27)8-12-4-5-13-14(7-12)29-11-28-13/h4-5,7H,3,6,8-11H2,1-2H3,(H,20,24)(H,21,25)(H,22,27)/t19-/m0/s1. The van der Waals surface area contributed by atoms with E-state index >= 15 is 0 Å². The van der Waals surface area contributed by atoms with Gasteiger partial charge in [0.15, 0.2) is 11.5 Å². The van der Waals surface area contributed by atoms with Crippen LogP contribution in [-0.2, 0) is 20.8 Å². The Labute approximate surface area is 167 Å². The van der Waals surface area contributed by atoms with E-state index in [0.717, 1.165) is 16.9 Å². The smallest absolute Gasteiger partial charge is 0.325 e. The average molecular weight is 404 g/mol. The second kappa shape index (κ2) is 8.38. The molecule has 0 aliphatic carbocycles. The Morgan fingerprint density at radius 3 is 2.69 bits per heavy atom. The molecule has 3 N–H and O–H groups in total. The van der Waals surface area contributed by atoms with Gasteiger partial charge in [0.25, 0.3) is 5.91 Å². The van der Waals surface area contributed by atoms with Gasteiger partial charge in [0.05, 0.1) is 6.54 Å². The van der Waals surface area contributed by atoms with Gasteiger partial charge in [-0.25, -0.2) is 4.79 Å². The number of imide groups is 1. The maximum atomic E-state index is 12.8. The third kappa shape index (κ3) is 4.58. The van der Waals surface area contributed by atoms with Crippen molar-refractivity contribution < 1.29 is 28.7 Å². The molecule has 10 heteroatoms. The zero-order chi connectivity index (χ0) is 21.0. The Hall–Kier alpha value is -3.30. The zero-order valence-electron chi connectivity index (χ0n) is 16.4. The Balaban J connectivity index is 1.58. The summed E-state index contributed by atoms with van der Waals surface area (Å²) in [5.41, 5.74) is -0.409. The number of carbonyl (C=O) groups excluding carboxylic acids is 4. The molecular formula is C19H24N4O6. The third-order valence-corrected chi connectivity index (χ3v) is 4.66. The second-order valence-corrected chi connectivity index (χ2v) is 7.14. The number of nitrogens with zero attached hydrogens (tertiary/aromatic N) is 1. The van der Waals surface area contributed by atoms with Gasteiger partial charge in [-0.15, -0.1) is 0 Å². The number of fused-ring (bicyclic) bond motifs is 1. The summed E-state index contributed by atoms with van der Waals surface area (Å²) in [5.74, 6) is -0.217. The molecule has 29 heavy (non-hydrogen) atoms. The van der Waals surface area contributed by atoms with Crippen molar-refractivity contribution in [1.82, 2.24) is 20.9 Å². The van der Waals surface area contributed by atoms with Crippen LogP contribution in [0.15, 0.2) is 18.2 Å². The summed E-state index contributed by atoms with van der Waals surface area (Å²) in [6.07, 6.45) is 1.01. The average Bonchev–Trinajstić information content (AvgIpc) is 3.22. The fourth-order valence-corrected chi connectivity index (χ4v) is 3.17. The summed E-state index contributed by atoms with van der Waals surface area (Å²) in [4.78, 5) is 49.6. The quantitative estimate of drug-likeness (QED) is 0.520. The monoisotopic (exact) mass is 404 g/mol. The maximum absolute atomic E-state index is 12.8. The molecule has 1 saturated heterocycles. The molecule has 1 aromatic carbocycles. The molecule has 2 aliphatic rings. The molecule has 2 aliphatic heterocycles. The molecule has 1 aromatic rings. The van der Waals surface area contributed by atoms with Crippen molar-refractivity contribution in [3.8, 4) is 11.5 Å². The number of urea groups is 1. The fourth-order valence-electron chi connectivity index (χ4n) is 3.17. The van der Waals surface area contributed by atoms with E-state index in [1.807, 2.05) is 6.92 Å². The molecule has 0 aromatic heterocycles. The molecular weight excluding hydrogens is 380 g/mol. The highest BCUT2D eigenvalue weighted by molar-refractivity contribution is 6.09. The molecule has 3 rings (SSSR count). The van der Waals surface area contributed by atoms with Crippen molar-refractivity contribution in [2.45, 2.75) is 32.2 Å². The van der Waals surface area contributed by atoms with Gasteiger partial charge < -0.3 is 25.4 Å². The summed E-state index contributed by atoms with van der Waals surface area (Å²) in [6, 6.07) is 4.65. The van der Waals surface area contributed by atoms with Crippen molar-refractivity contribution in [3.05, 3.63) is 23.8 Å². The largest absolute Gasteiger partial charge is 0.454 e. The van der Waals surface area contributed by atoms with Crippen molar-refractivity contribution in [2.75, 3.05) is 26.4 Å². The molecule has 1 atom stereocenters. The molecule has 0 saturated carbocycles. The first-order chi connectivity index (χ1) is 13.8. The minimum atomic E-state index is -1.19. The number of ether oxygens (including phenoxy) is 2. The van der Waals surface area contributed by atoms with E-state index in [1.165, 1.54) is 0 Å². The Bertz CT molecular complexity index is 842. The first-order valence-electron chi connectivity index (χ1n) is 9.38. The maximum Gasteiger partial charge on any atom is 0.325 e. The lowest BCUT2D eigenvalue weighted by atomic mass is 9.92. The van der Waals surface area contributed by atoms with Crippen molar-refractivity contribution in [3.63, 3.8) is 0 Å². The molecule has 2 heterocycles. The van der Waals surface area contributed by atoms with E-state index in [4.69, 9.17) is 9.47 Å². The number of rotatable bonds is 8. The van der Waals surface area contributed by atoms with Crippen LogP contribution >= 0.6 is 0 Å². The summed E-state index contributed by atoms with van der Waals surface area (Å²) in [6.45, 7) is 3.51. The number of carbonyl (C=O) groups is 4. The minimum Gasteiger partial charge on any atom is -0.454 e. The van der Waals surface area contributed by atoms with Crippen LogP contribution in [0.25, 0.3) is 0 Å². The van der Waals surface area contributed by atoms with Crippen LogP contribution in [0.1, 0.15) is 25.8 Å². The summed E-state index contributed by atoms with van der Waals surface area (Å²) in [5, 5.41) is 7.68. The van der Waals surface area contributed by atoms with Crippen molar-refractivity contribution >= 4 is 23.8 Å². The Morgan fingerprint density at radius 1 is 1.17 bits per heavy atom. The lowest BCUT2D eigenvalue weighted by Gasteiger charge is -2.21. The second-order valence-electron chi connectivity index (χ2n) is 7.14. The number of amides is 5. The number of benzene rings is 1. The van der Waals surface area contributed by atoms with Crippen molar-refractivity contribution in [1.29, 1.82) is 0 Å². The Kier molecular flexibility index (Phi) is 5.90. The van der Waals surface area contributed by atoms with E-state index in [2.05, 4.69) is 16.0 Å². The topological polar surface area (TPSA) is 126 Å². The highest BCUT2D eigenvalue weighted by Crippen LogP contribution is 2.34. The van der Waals surface area contributed by atoms with Crippen LogP contribution in [0.5, 0.6) is 11.5 Å². The van der Waals surface area contributed by atoms with Crippen LogP contribution in [0.2, 0.25) is 0 Å². The van der Waals surface area contributed by atoms with Crippen LogP contribution in [-0.4, -0.2) is 60.6 Å². The first kappa shape index (κ1) is 20.4. The van der Waals surface area contributed by atoms with E-state index < -0.39 is 29.9 Å². The molecule has 1 fully saturated rings. The van der Waals surface area contributed by atoms with Gasteiger partial charge in [0.1, 0.15) is 12.1 Å². The molecule has 10 nitrogen and oxygen atoms in total. The SMILES string of the molecule is CCCNC(=O)CNC(=O)CN1C(=O)N[C@@](C)(Cc2ccc3c(c2)OCO3)C1=O. The molecule has 0 unspecified atom stereocenters. The van der Waals surface area contributed by atoms with Crippen LogP contribution < -0.4 is 25.4 Å². The van der Waals surface area contributed by atoms with Crippen LogP contribution in [0, 0.1) is 0 Å². The lowest BCUT2D eigenvalue weighted by molar-refractivity contribution is -0.134. The van der Waals surface area contributed by atoms with E-state index in [-0.39, 0.29) is 25.7 Å². The number of nitrogens with one attached hydrogen (secondary N) is 3. The molecule has 5 amide bonds. The van der Waals surface area contributed by atoms with Gasteiger partial charge in [-0.1, -0.05) is 13.0 Å². The summed E-state index contributed by atoms with van der Waals surface area (Å²) < 4.78 is 10.6. The van der Waals surface area contributed by atoms with E-state index in [1.54, 1.807) is 25.1 Å². The predicted molar refractivity (Wildman–Crippen MR) is 101 cm³/mol. The highest BCUT2D eigenvalue weighted by atomic mass is 16.7. The van der Waals surface area contributed by atoms with Gasteiger partial charge in [-0.2, -0.15) is 0 Å².